The average molecular weight is 829 g/mol. The molecule has 5 heterocycles. The third-order valence-electron chi connectivity index (χ3n) is 12.3. The Kier molecular flexibility index (Phi) is 13.0. The molecule has 0 spiro atoms. The molecule has 0 aliphatic carbocycles. The maximum absolute atomic E-state index is 12.9. The zero-order valence-electron chi connectivity index (χ0n) is 34.7. The van der Waals surface area contributed by atoms with Gasteiger partial charge in [0, 0.05) is 97.9 Å². The molecule has 5 aliphatic heterocycles. The molecule has 8 rings (SSSR count). The van der Waals surface area contributed by atoms with Gasteiger partial charge in [0.05, 0.1) is 12.2 Å². The summed E-state index contributed by atoms with van der Waals surface area (Å²) in [6.45, 7) is 12.1. The van der Waals surface area contributed by atoms with Crippen LogP contribution in [0, 0.1) is 0 Å². The number of fused-ring (bicyclic) bond motifs is 4. The van der Waals surface area contributed by atoms with Crippen molar-refractivity contribution >= 4 is 32.6 Å². The number of aryl methyl sites for hydroxylation is 2. The minimum absolute atomic E-state index is 0.0226. The van der Waals surface area contributed by atoms with Crippen LogP contribution in [-0.2, 0) is 53.4 Å². The Balaban J connectivity index is 1.14. The van der Waals surface area contributed by atoms with Gasteiger partial charge in [-0.05, 0) is 107 Å². The maximum atomic E-state index is 12.9. The van der Waals surface area contributed by atoms with E-state index in [1.807, 2.05) is 32.9 Å². The minimum Gasteiger partial charge on any atom is -0.455 e. The molecule has 3 aromatic carbocycles. The number of amides is 1. The van der Waals surface area contributed by atoms with E-state index < -0.39 is 21.0 Å². The summed E-state index contributed by atoms with van der Waals surface area (Å²) >= 11 is 0. The molecule has 0 radical (unpaired) electrons. The highest BCUT2D eigenvalue weighted by Crippen LogP contribution is 2.49. The van der Waals surface area contributed by atoms with Crippen LogP contribution in [0.25, 0.3) is 5.57 Å². The fourth-order valence-corrected chi connectivity index (χ4v) is 12.6. The van der Waals surface area contributed by atoms with Gasteiger partial charge in [-0.1, -0.05) is 6.07 Å². The molecule has 2 N–H and O–H groups in total. The van der Waals surface area contributed by atoms with Gasteiger partial charge in [-0.2, -0.15) is 0 Å². The van der Waals surface area contributed by atoms with E-state index in [0.29, 0.717) is 56.6 Å². The molecule has 316 valence electrons. The second-order valence-electron chi connectivity index (χ2n) is 15.8. The van der Waals surface area contributed by atoms with Gasteiger partial charge in [-0.3, -0.25) is 10.1 Å². The van der Waals surface area contributed by atoms with E-state index >= 15 is 0 Å². The summed E-state index contributed by atoms with van der Waals surface area (Å²) in [6, 6.07) is 10.6. The van der Waals surface area contributed by atoms with Gasteiger partial charge in [0.25, 0.3) is 6.47 Å². The molecule has 0 saturated carbocycles. The first-order valence-electron chi connectivity index (χ1n) is 21.7. The number of alkyl carbamates (subject to hydrolysis) is 1. The number of rotatable bonds is 18. The lowest BCUT2D eigenvalue weighted by Crippen LogP contribution is -2.46. The van der Waals surface area contributed by atoms with Gasteiger partial charge >= 0.3 is 14.9 Å². The first kappa shape index (κ1) is 41.4. The molecule has 1 atom stereocenters. The van der Waals surface area contributed by atoms with Crippen LogP contribution in [0.5, 0.6) is 17.2 Å². The largest absolute Gasteiger partial charge is 0.500 e. The molecule has 59 heavy (non-hydrogen) atoms. The molecular weight excluding hydrogens is 771 g/mol. The number of carbonyl (C=O) groups excluding carboxylic acids is 2. The lowest BCUT2D eigenvalue weighted by atomic mass is 9.81. The SMILES string of the molecule is CCO[Si](CCCNC(=O)OCCC(OO)c1ccc(OC=O)cc1C1=c2cc3c4c(c2Oc2c1cc1c5c2CCCN5CCC1)CCC[N+]=4CCC3)(OCC)OCC. The topological polar surface area (TPSA) is 137 Å². The summed E-state index contributed by atoms with van der Waals surface area (Å²) < 4.78 is 38.7. The summed E-state index contributed by atoms with van der Waals surface area (Å²) in [5, 5.41) is 15.7. The summed E-state index contributed by atoms with van der Waals surface area (Å²) in [7, 11) is -2.83. The lowest BCUT2D eigenvalue weighted by molar-refractivity contribution is -0.284. The van der Waals surface area contributed by atoms with E-state index in [0.717, 1.165) is 111 Å². The van der Waals surface area contributed by atoms with E-state index in [1.54, 1.807) is 6.07 Å². The Bertz CT molecular complexity index is 2170. The average Bonchev–Trinajstić information content (AvgIpc) is 3.24. The van der Waals surface area contributed by atoms with Crippen molar-refractivity contribution in [2.24, 2.45) is 0 Å². The molecule has 0 aromatic heterocycles. The number of benzene rings is 3. The van der Waals surface area contributed by atoms with Crippen molar-refractivity contribution in [3.8, 4) is 17.2 Å². The fourth-order valence-electron chi connectivity index (χ4n) is 10.0. The summed E-state index contributed by atoms with van der Waals surface area (Å²) in [6.07, 6.45) is 7.40. The van der Waals surface area contributed by atoms with E-state index in [-0.39, 0.29) is 13.0 Å². The molecule has 0 fully saturated rings. The molecule has 0 bridgehead atoms. The van der Waals surface area contributed by atoms with E-state index in [2.05, 4.69) is 26.9 Å². The molecule has 1 unspecified atom stereocenters. The first-order valence-corrected chi connectivity index (χ1v) is 23.7. The van der Waals surface area contributed by atoms with Crippen molar-refractivity contribution in [2.45, 2.75) is 97.1 Å². The van der Waals surface area contributed by atoms with Crippen LogP contribution in [-0.4, -0.2) is 85.8 Å². The van der Waals surface area contributed by atoms with Crippen LogP contribution in [0.3, 0.4) is 0 Å². The monoisotopic (exact) mass is 828 g/mol. The number of hydrogen-bond donors (Lipinski definition) is 2. The highest BCUT2D eigenvalue weighted by atomic mass is 28.4. The Hall–Kier alpha value is -4.31. The summed E-state index contributed by atoms with van der Waals surface area (Å²) in [5.74, 6) is 2.15. The van der Waals surface area contributed by atoms with Crippen LogP contribution in [0.4, 0.5) is 10.5 Å². The van der Waals surface area contributed by atoms with Crippen LogP contribution in [0.2, 0.25) is 6.04 Å². The van der Waals surface area contributed by atoms with E-state index in [9.17, 15) is 14.8 Å². The second-order valence-corrected chi connectivity index (χ2v) is 18.6. The standard InChI is InChI=1S/C45H57N3O10Si/c1-4-54-59(55-5-2,56-6-3)25-11-19-46-45(50)52-24-18-39(58-51)33-17-16-32(53-29-49)28-36(33)40-37-26-30-12-7-20-47-22-9-14-34(41(30)47)43(37)57-44-35-15-10-23-48-21-8-13-31(42(35)48)27-38(40)44/h16-17,26-29,39H,4-15,18-25H2,1-3H3,(H-,46,50,51)/p+1. The molecule has 13 nitrogen and oxygen atoms in total. The Morgan fingerprint density at radius 2 is 1.64 bits per heavy atom. The number of anilines is 1. The van der Waals surface area contributed by atoms with E-state index in [4.69, 9.17) is 32.4 Å². The van der Waals surface area contributed by atoms with Crippen molar-refractivity contribution < 1.29 is 47.2 Å². The van der Waals surface area contributed by atoms with Crippen LogP contribution < -0.4 is 34.8 Å². The molecule has 0 saturated heterocycles. The molecular formula is C45H58N3O10Si+. The lowest BCUT2D eigenvalue weighted by Gasteiger charge is -2.39. The molecule has 5 aliphatic rings. The first-order chi connectivity index (χ1) is 28.9. The van der Waals surface area contributed by atoms with Crippen molar-refractivity contribution in [1.29, 1.82) is 0 Å². The number of nitrogens with zero attached hydrogens (tertiary/aromatic N) is 2. The summed E-state index contributed by atoms with van der Waals surface area (Å²) in [4.78, 5) is 32.4. The number of hydrogen-bond acceptors (Lipinski definition) is 11. The third kappa shape index (κ3) is 8.27. The van der Waals surface area contributed by atoms with Crippen molar-refractivity contribution in [2.75, 3.05) is 64.1 Å². The van der Waals surface area contributed by atoms with Crippen molar-refractivity contribution in [1.82, 2.24) is 9.89 Å². The predicted molar refractivity (Wildman–Crippen MR) is 224 cm³/mol. The normalized spacial score (nSPS) is 16.9. The van der Waals surface area contributed by atoms with Crippen LogP contribution in [0.1, 0.15) is 104 Å². The quantitative estimate of drug-likeness (QED) is 0.0317. The van der Waals surface area contributed by atoms with Gasteiger partial charge in [-0.15, -0.1) is 0 Å². The number of carbonyl (C=O) groups is 2. The third-order valence-corrected chi connectivity index (χ3v) is 15.4. The van der Waals surface area contributed by atoms with Gasteiger partial charge in [0.15, 0.2) is 0 Å². The molecule has 3 aromatic rings. The van der Waals surface area contributed by atoms with Crippen molar-refractivity contribution in [3.63, 3.8) is 0 Å². The minimum atomic E-state index is -2.83. The van der Waals surface area contributed by atoms with Crippen molar-refractivity contribution in [3.05, 3.63) is 79.9 Å². The van der Waals surface area contributed by atoms with Gasteiger partial charge < -0.3 is 37.7 Å². The second kappa shape index (κ2) is 18.5. The highest BCUT2D eigenvalue weighted by molar-refractivity contribution is 6.60. The van der Waals surface area contributed by atoms with Crippen LogP contribution in [0.15, 0.2) is 30.3 Å². The Labute approximate surface area is 347 Å². The Morgan fingerprint density at radius 3 is 2.39 bits per heavy atom. The van der Waals surface area contributed by atoms with Gasteiger partial charge in [0.1, 0.15) is 36.4 Å². The molecule has 1 amide bonds. The maximum Gasteiger partial charge on any atom is 0.500 e. The van der Waals surface area contributed by atoms with Crippen LogP contribution >= 0.6 is 0 Å². The number of nitrogens with one attached hydrogen (secondary N) is 1. The Morgan fingerprint density at radius 1 is 0.915 bits per heavy atom. The smallest absolute Gasteiger partial charge is 0.455 e. The van der Waals surface area contributed by atoms with Gasteiger partial charge in [-0.25, -0.2) is 14.3 Å². The zero-order chi connectivity index (χ0) is 40.9. The fraction of sp³-hybridized carbons (Fsp3) is 0.533. The molecule has 14 heteroatoms. The number of ether oxygens (including phenoxy) is 3. The van der Waals surface area contributed by atoms with E-state index in [1.165, 1.54) is 33.3 Å². The highest BCUT2D eigenvalue weighted by Gasteiger charge is 2.40. The zero-order valence-corrected chi connectivity index (χ0v) is 35.7. The summed E-state index contributed by atoms with van der Waals surface area (Å²) in [5.41, 5.74) is 9.85. The predicted octanol–water partition coefficient (Wildman–Crippen LogP) is 5.74. The van der Waals surface area contributed by atoms with Gasteiger partial charge in [0.2, 0.25) is 5.36 Å².